The first-order valence-corrected chi connectivity index (χ1v) is 6.91. The largest absolute Gasteiger partial charge is 0.528 e. The lowest BCUT2D eigenvalue weighted by Crippen LogP contribution is -2.37. The second-order valence-electron chi connectivity index (χ2n) is 3.84. The van der Waals surface area contributed by atoms with Crippen LogP contribution in [0.4, 0.5) is 0 Å². The number of rotatable bonds is 8. The molecule has 0 saturated heterocycles. The SMILES string of the molecule is COC(CCCC(C)(Br)C(=O)O[SiH3])(OC)OC. The van der Waals surface area contributed by atoms with Crippen molar-refractivity contribution in [1.29, 1.82) is 0 Å². The molecule has 0 N–H and O–H groups in total. The molecule has 0 amide bonds. The summed E-state index contributed by atoms with van der Waals surface area (Å²) in [6, 6.07) is 0. The molecule has 0 aliphatic carbocycles. The van der Waals surface area contributed by atoms with Crippen LogP contribution >= 0.6 is 15.9 Å². The van der Waals surface area contributed by atoms with Crippen molar-refractivity contribution in [2.24, 2.45) is 0 Å². The van der Waals surface area contributed by atoms with Gasteiger partial charge in [0.15, 0.2) is 0 Å². The predicted octanol–water partition coefficient (Wildman–Crippen LogP) is 0.727. The van der Waals surface area contributed by atoms with E-state index in [1.165, 1.54) is 21.3 Å². The zero-order valence-corrected chi connectivity index (χ0v) is 14.6. The van der Waals surface area contributed by atoms with Gasteiger partial charge in [-0.1, -0.05) is 15.9 Å². The van der Waals surface area contributed by atoms with Crippen LogP contribution in [-0.4, -0.2) is 48.1 Å². The van der Waals surface area contributed by atoms with Gasteiger partial charge in [-0.2, -0.15) is 0 Å². The minimum absolute atomic E-state index is 0.234. The number of carbonyl (C=O) groups excluding carboxylic acids is 1. The lowest BCUT2D eigenvalue weighted by molar-refractivity contribution is -0.355. The third-order valence-corrected chi connectivity index (χ3v) is 3.76. The molecule has 1 unspecified atom stereocenters. The molecule has 0 bridgehead atoms. The third kappa shape index (κ3) is 5.05. The Morgan fingerprint density at radius 1 is 1.18 bits per heavy atom. The number of hydrogen-bond acceptors (Lipinski definition) is 5. The quantitative estimate of drug-likeness (QED) is 0.373. The minimum atomic E-state index is -1.03. The number of methoxy groups -OCH3 is 3. The molecule has 0 aromatic rings. The van der Waals surface area contributed by atoms with E-state index in [9.17, 15) is 4.79 Å². The van der Waals surface area contributed by atoms with Gasteiger partial charge in [-0.3, -0.25) is 4.79 Å². The predicted molar refractivity (Wildman–Crippen MR) is 71.0 cm³/mol. The second kappa shape index (κ2) is 7.47. The fourth-order valence-electron chi connectivity index (χ4n) is 1.51. The molecule has 5 nitrogen and oxygen atoms in total. The monoisotopic (exact) mass is 328 g/mol. The highest BCUT2D eigenvalue weighted by Gasteiger charge is 2.34. The van der Waals surface area contributed by atoms with E-state index in [-0.39, 0.29) is 5.97 Å². The van der Waals surface area contributed by atoms with Crippen LogP contribution in [0.3, 0.4) is 0 Å². The summed E-state index contributed by atoms with van der Waals surface area (Å²) in [5.41, 5.74) is 0. The summed E-state index contributed by atoms with van der Waals surface area (Å²) in [6.07, 6.45) is 1.85. The molecule has 0 rings (SSSR count). The summed E-state index contributed by atoms with van der Waals surface area (Å²) >= 11 is 3.37. The fourth-order valence-corrected chi connectivity index (χ4v) is 2.70. The topological polar surface area (TPSA) is 54.0 Å². The maximum atomic E-state index is 11.5. The van der Waals surface area contributed by atoms with Crippen LogP contribution in [0, 0.1) is 0 Å². The van der Waals surface area contributed by atoms with E-state index in [0.29, 0.717) is 29.7 Å². The van der Waals surface area contributed by atoms with Crippen molar-refractivity contribution in [3.05, 3.63) is 0 Å². The number of hydrogen-bond donors (Lipinski definition) is 0. The van der Waals surface area contributed by atoms with Crippen molar-refractivity contribution in [1.82, 2.24) is 0 Å². The second-order valence-corrected chi connectivity index (χ2v) is 6.00. The average molecular weight is 329 g/mol. The van der Waals surface area contributed by atoms with E-state index in [4.69, 9.17) is 18.6 Å². The Bertz CT molecular complexity index is 235. The normalized spacial score (nSPS) is 15.6. The van der Waals surface area contributed by atoms with E-state index in [1.807, 2.05) is 0 Å². The Morgan fingerprint density at radius 3 is 2.00 bits per heavy atom. The zero-order chi connectivity index (χ0) is 13.5. The molecule has 102 valence electrons. The van der Waals surface area contributed by atoms with Gasteiger partial charge in [0, 0.05) is 27.8 Å². The lowest BCUT2D eigenvalue weighted by atomic mass is 10.0. The van der Waals surface area contributed by atoms with Crippen molar-refractivity contribution < 1.29 is 23.4 Å². The van der Waals surface area contributed by atoms with E-state index in [0.717, 1.165) is 0 Å². The Kier molecular flexibility index (Phi) is 7.50. The molecule has 1 atom stereocenters. The highest BCUT2D eigenvalue weighted by molar-refractivity contribution is 9.10. The summed E-state index contributed by atoms with van der Waals surface area (Å²) in [7, 11) is 4.96. The highest BCUT2D eigenvalue weighted by atomic mass is 79.9. The molecule has 0 heterocycles. The summed E-state index contributed by atoms with van der Waals surface area (Å²) in [6.45, 7) is 1.79. The van der Waals surface area contributed by atoms with Gasteiger partial charge in [0.05, 0.1) is 0 Å². The van der Waals surface area contributed by atoms with Crippen molar-refractivity contribution >= 4 is 32.4 Å². The summed E-state index contributed by atoms with van der Waals surface area (Å²) < 4.78 is 19.7. The summed E-state index contributed by atoms with van der Waals surface area (Å²) in [5.74, 6) is -1.27. The standard InChI is InChI=1S/C10H21BrO5Si/c1-9(11,8(12)16-17)6-5-7-10(13-2,14-3)15-4/h5-7H2,1-4,17H3. The molecule has 0 radical (unpaired) electrons. The van der Waals surface area contributed by atoms with Crippen molar-refractivity contribution in [3.8, 4) is 0 Å². The van der Waals surface area contributed by atoms with Crippen LogP contribution in [0.15, 0.2) is 0 Å². The van der Waals surface area contributed by atoms with E-state index in [2.05, 4.69) is 15.9 Å². The first kappa shape index (κ1) is 17.0. The van der Waals surface area contributed by atoms with Crippen molar-refractivity contribution in [3.63, 3.8) is 0 Å². The van der Waals surface area contributed by atoms with Gasteiger partial charge >= 0.3 is 5.97 Å². The Labute approximate surface area is 114 Å². The van der Waals surface area contributed by atoms with E-state index < -0.39 is 10.3 Å². The molecule has 0 aromatic carbocycles. The van der Waals surface area contributed by atoms with Crippen LogP contribution in [-0.2, 0) is 23.4 Å². The van der Waals surface area contributed by atoms with Crippen LogP contribution in [0.25, 0.3) is 0 Å². The van der Waals surface area contributed by atoms with Crippen LogP contribution in [0.5, 0.6) is 0 Å². The summed E-state index contributed by atoms with van der Waals surface area (Å²) in [5, 5.41) is 0. The molecule has 17 heavy (non-hydrogen) atoms. The minimum Gasteiger partial charge on any atom is -0.528 e. The average Bonchev–Trinajstić information content (AvgIpc) is 2.34. The van der Waals surface area contributed by atoms with E-state index in [1.54, 1.807) is 6.92 Å². The number of carbonyl (C=O) groups is 1. The Hall–Kier alpha value is 0.0469. The number of alkyl halides is 1. The molecular weight excluding hydrogens is 308 g/mol. The maximum Gasteiger partial charge on any atom is 0.308 e. The van der Waals surface area contributed by atoms with Gasteiger partial charge in [-0.25, -0.2) is 0 Å². The molecule has 0 aliphatic heterocycles. The molecule has 7 heteroatoms. The van der Waals surface area contributed by atoms with Crippen molar-refractivity contribution in [2.45, 2.75) is 36.5 Å². The molecule has 0 aliphatic rings. The van der Waals surface area contributed by atoms with Crippen molar-refractivity contribution in [2.75, 3.05) is 21.3 Å². The first-order valence-electron chi connectivity index (χ1n) is 5.30. The number of halogens is 1. The van der Waals surface area contributed by atoms with Gasteiger partial charge < -0.3 is 18.6 Å². The maximum absolute atomic E-state index is 11.5. The van der Waals surface area contributed by atoms with Crippen LogP contribution in [0.1, 0.15) is 26.2 Å². The molecule has 0 saturated carbocycles. The van der Waals surface area contributed by atoms with Gasteiger partial charge in [-0.15, -0.1) is 0 Å². The van der Waals surface area contributed by atoms with Gasteiger partial charge in [0.1, 0.15) is 4.32 Å². The lowest BCUT2D eigenvalue weighted by Gasteiger charge is -2.29. The van der Waals surface area contributed by atoms with Crippen LogP contribution in [0.2, 0.25) is 0 Å². The van der Waals surface area contributed by atoms with Crippen LogP contribution < -0.4 is 0 Å². The Morgan fingerprint density at radius 2 is 1.65 bits per heavy atom. The first-order chi connectivity index (χ1) is 7.87. The number of ether oxygens (including phenoxy) is 3. The molecule has 0 aromatic heterocycles. The smallest absolute Gasteiger partial charge is 0.308 e. The fraction of sp³-hybridized carbons (Fsp3) is 0.900. The van der Waals surface area contributed by atoms with Gasteiger partial charge in [0.25, 0.3) is 5.97 Å². The van der Waals surface area contributed by atoms with Gasteiger partial charge in [-0.05, 0) is 19.8 Å². The van der Waals surface area contributed by atoms with E-state index >= 15 is 0 Å². The highest BCUT2D eigenvalue weighted by Crippen LogP contribution is 2.29. The summed E-state index contributed by atoms with van der Waals surface area (Å²) in [4.78, 5) is 11.5. The zero-order valence-electron chi connectivity index (χ0n) is 11.0. The molecular formula is C10H21BrO5Si. The third-order valence-electron chi connectivity index (χ3n) is 2.67. The van der Waals surface area contributed by atoms with Gasteiger partial charge in [0.2, 0.25) is 10.5 Å². The molecule has 0 fully saturated rings. The Balaban J connectivity index is 4.26. The molecule has 0 spiro atoms.